The van der Waals surface area contributed by atoms with Crippen LogP contribution in [0.4, 0.5) is 4.39 Å². The van der Waals surface area contributed by atoms with Gasteiger partial charge in [-0.15, -0.1) is 0 Å². The average Bonchev–Trinajstić information content (AvgIpc) is 3.15. The highest BCUT2D eigenvalue weighted by molar-refractivity contribution is 5.76. The molecule has 5 heteroatoms. The number of carbonyl (C=O) groups is 1. The van der Waals surface area contributed by atoms with Crippen molar-refractivity contribution in [2.24, 2.45) is 5.92 Å². The van der Waals surface area contributed by atoms with E-state index in [1.807, 2.05) is 52.0 Å². The number of fused-ring (bicyclic) bond motifs is 1. The van der Waals surface area contributed by atoms with E-state index in [0.717, 1.165) is 55.7 Å². The molecule has 3 aromatic rings. The summed E-state index contributed by atoms with van der Waals surface area (Å²) in [6.45, 7) is 1.62. The van der Waals surface area contributed by atoms with Crippen LogP contribution in [0.5, 0.6) is 0 Å². The Morgan fingerprint density at radius 3 is 2.86 bits per heavy atom. The Bertz CT molecular complexity index is 919. The third-order valence-electron chi connectivity index (χ3n) is 5.66. The van der Waals surface area contributed by atoms with Crippen LogP contribution in [-0.2, 0) is 17.6 Å². The van der Waals surface area contributed by atoms with Gasteiger partial charge in [-0.25, -0.2) is 9.37 Å². The number of hydrogen-bond acceptors (Lipinski definition) is 2. The molecule has 1 amide bonds. The first kappa shape index (κ1) is 18.7. The summed E-state index contributed by atoms with van der Waals surface area (Å²) in [5.41, 5.74) is 2.64. The lowest BCUT2D eigenvalue weighted by molar-refractivity contribution is -0.133. The number of piperidine rings is 1. The molecule has 1 aliphatic heterocycles. The summed E-state index contributed by atoms with van der Waals surface area (Å²) in [5, 5.41) is 0. The maximum Gasteiger partial charge on any atom is 0.222 e. The summed E-state index contributed by atoms with van der Waals surface area (Å²) in [5.74, 6) is 0.527. The van der Waals surface area contributed by atoms with Gasteiger partial charge < -0.3 is 9.30 Å². The maximum atomic E-state index is 13.8. The lowest BCUT2D eigenvalue weighted by Gasteiger charge is -2.33. The molecule has 3 heterocycles. The predicted octanol–water partition coefficient (Wildman–Crippen LogP) is 4.28. The quantitative estimate of drug-likeness (QED) is 0.641. The van der Waals surface area contributed by atoms with Gasteiger partial charge in [-0.3, -0.25) is 4.79 Å². The van der Waals surface area contributed by atoms with Crippen molar-refractivity contribution in [3.63, 3.8) is 0 Å². The Labute approximate surface area is 165 Å². The van der Waals surface area contributed by atoms with Crippen molar-refractivity contribution in [3.05, 3.63) is 71.9 Å². The highest BCUT2D eigenvalue weighted by Crippen LogP contribution is 2.23. The van der Waals surface area contributed by atoms with Crippen molar-refractivity contribution < 1.29 is 9.18 Å². The largest absolute Gasteiger partial charge is 0.342 e. The van der Waals surface area contributed by atoms with Gasteiger partial charge in [0.1, 0.15) is 11.5 Å². The minimum absolute atomic E-state index is 0.126. The van der Waals surface area contributed by atoms with Crippen molar-refractivity contribution in [2.75, 3.05) is 13.1 Å². The standard InChI is InChI=1S/C23H26FN3O/c24-21-8-2-1-7-19(21)11-10-18-6-5-15-27(16-18)23(28)13-12-20-17-26-14-4-3-9-22(26)25-20/h1-4,7-9,14,17-18H,5-6,10-13,15-16H2/t18-/m0/s1. The summed E-state index contributed by atoms with van der Waals surface area (Å²) >= 11 is 0. The van der Waals surface area contributed by atoms with Crippen molar-refractivity contribution >= 4 is 11.6 Å². The Morgan fingerprint density at radius 1 is 1.14 bits per heavy atom. The van der Waals surface area contributed by atoms with Gasteiger partial charge >= 0.3 is 0 Å². The lowest BCUT2D eigenvalue weighted by Crippen LogP contribution is -2.40. The summed E-state index contributed by atoms with van der Waals surface area (Å²) in [7, 11) is 0. The SMILES string of the molecule is O=C(CCc1cn2ccccc2n1)N1CCC[C@@H](CCc2ccccc2F)C1. The van der Waals surface area contributed by atoms with Crippen LogP contribution in [0.15, 0.2) is 54.9 Å². The molecular weight excluding hydrogens is 353 g/mol. The molecule has 4 nitrogen and oxygen atoms in total. The minimum Gasteiger partial charge on any atom is -0.342 e. The van der Waals surface area contributed by atoms with Gasteiger partial charge in [0.25, 0.3) is 0 Å². The first-order valence-electron chi connectivity index (χ1n) is 10.1. The highest BCUT2D eigenvalue weighted by Gasteiger charge is 2.23. The molecule has 0 unspecified atom stereocenters. The van der Waals surface area contributed by atoms with E-state index in [4.69, 9.17) is 0 Å². The number of imidazole rings is 1. The zero-order valence-corrected chi connectivity index (χ0v) is 16.1. The van der Waals surface area contributed by atoms with Gasteiger partial charge in [0.15, 0.2) is 0 Å². The molecule has 4 rings (SSSR count). The normalized spacial score (nSPS) is 17.2. The summed E-state index contributed by atoms with van der Waals surface area (Å²) in [4.78, 5) is 19.3. The smallest absolute Gasteiger partial charge is 0.222 e. The number of pyridine rings is 1. The summed E-state index contributed by atoms with van der Waals surface area (Å²) < 4.78 is 15.8. The molecule has 1 saturated heterocycles. The predicted molar refractivity (Wildman–Crippen MR) is 108 cm³/mol. The highest BCUT2D eigenvalue weighted by atomic mass is 19.1. The van der Waals surface area contributed by atoms with E-state index in [-0.39, 0.29) is 11.7 Å². The van der Waals surface area contributed by atoms with Crippen molar-refractivity contribution in [1.29, 1.82) is 0 Å². The number of nitrogens with zero attached hydrogens (tertiary/aromatic N) is 3. The number of aryl methyl sites for hydroxylation is 2. The van der Waals surface area contributed by atoms with Crippen molar-refractivity contribution in [2.45, 2.75) is 38.5 Å². The van der Waals surface area contributed by atoms with Gasteiger partial charge in [-0.05, 0) is 61.8 Å². The molecule has 1 aliphatic rings. The second kappa shape index (κ2) is 8.55. The molecule has 2 aromatic heterocycles. The Balaban J connectivity index is 1.28. The number of halogens is 1. The van der Waals surface area contributed by atoms with Gasteiger partial charge in [0.05, 0.1) is 5.69 Å². The third-order valence-corrected chi connectivity index (χ3v) is 5.66. The van der Waals surface area contributed by atoms with Crippen LogP contribution in [-0.4, -0.2) is 33.3 Å². The Morgan fingerprint density at radius 2 is 2.00 bits per heavy atom. The topological polar surface area (TPSA) is 37.6 Å². The lowest BCUT2D eigenvalue weighted by atomic mass is 9.91. The van der Waals surface area contributed by atoms with E-state index < -0.39 is 0 Å². The number of carbonyl (C=O) groups excluding carboxylic acids is 1. The van der Waals surface area contributed by atoms with E-state index in [2.05, 4.69) is 4.98 Å². The van der Waals surface area contributed by atoms with E-state index in [9.17, 15) is 9.18 Å². The van der Waals surface area contributed by atoms with Gasteiger partial charge in [0, 0.05) is 31.9 Å². The monoisotopic (exact) mass is 379 g/mol. The third kappa shape index (κ3) is 4.41. The number of benzene rings is 1. The molecule has 0 spiro atoms. The van der Waals surface area contributed by atoms with Gasteiger partial charge in [-0.1, -0.05) is 24.3 Å². The fourth-order valence-electron chi connectivity index (χ4n) is 4.09. The molecule has 0 N–H and O–H groups in total. The first-order chi connectivity index (χ1) is 13.7. The fraction of sp³-hybridized carbons (Fsp3) is 0.391. The molecule has 0 bridgehead atoms. The van der Waals surface area contributed by atoms with E-state index in [1.54, 1.807) is 6.07 Å². The number of rotatable bonds is 6. The molecule has 146 valence electrons. The molecule has 1 atom stereocenters. The van der Waals surface area contributed by atoms with Crippen LogP contribution >= 0.6 is 0 Å². The molecule has 0 radical (unpaired) electrons. The molecule has 28 heavy (non-hydrogen) atoms. The fourth-order valence-corrected chi connectivity index (χ4v) is 4.09. The molecule has 0 aliphatic carbocycles. The first-order valence-corrected chi connectivity index (χ1v) is 10.1. The van der Waals surface area contributed by atoms with Crippen LogP contribution in [0.25, 0.3) is 5.65 Å². The van der Waals surface area contributed by atoms with Crippen LogP contribution in [0, 0.1) is 11.7 Å². The molecule has 1 fully saturated rings. The number of amides is 1. The minimum atomic E-state index is -0.126. The van der Waals surface area contributed by atoms with Crippen molar-refractivity contribution in [1.82, 2.24) is 14.3 Å². The second-order valence-corrected chi connectivity index (χ2v) is 7.68. The number of aromatic nitrogens is 2. The average molecular weight is 379 g/mol. The van der Waals surface area contributed by atoms with Crippen LogP contribution in [0.3, 0.4) is 0 Å². The summed E-state index contributed by atoms with van der Waals surface area (Å²) in [6, 6.07) is 12.9. The maximum absolute atomic E-state index is 13.8. The van der Waals surface area contributed by atoms with Gasteiger partial charge in [-0.2, -0.15) is 0 Å². The van der Waals surface area contributed by atoms with Crippen LogP contribution in [0.1, 0.15) is 36.9 Å². The zero-order valence-electron chi connectivity index (χ0n) is 16.1. The number of hydrogen-bond donors (Lipinski definition) is 0. The zero-order chi connectivity index (χ0) is 19.3. The molecule has 1 aromatic carbocycles. The number of likely N-dealkylation sites (tertiary alicyclic amines) is 1. The second-order valence-electron chi connectivity index (χ2n) is 7.68. The molecular formula is C23H26FN3O. The Hall–Kier alpha value is -2.69. The van der Waals surface area contributed by atoms with E-state index in [0.29, 0.717) is 18.8 Å². The summed E-state index contributed by atoms with van der Waals surface area (Å²) in [6.07, 6.45) is 8.93. The molecule has 0 saturated carbocycles. The van der Waals surface area contributed by atoms with Crippen LogP contribution < -0.4 is 0 Å². The van der Waals surface area contributed by atoms with E-state index in [1.165, 1.54) is 6.07 Å². The van der Waals surface area contributed by atoms with Crippen LogP contribution in [0.2, 0.25) is 0 Å². The Kier molecular flexibility index (Phi) is 5.70. The van der Waals surface area contributed by atoms with E-state index >= 15 is 0 Å². The van der Waals surface area contributed by atoms with Crippen molar-refractivity contribution in [3.8, 4) is 0 Å². The van der Waals surface area contributed by atoms with Gasteiger partial charge in [0.2, 0.25) is 5.91 Å².